The Labute approximate surface area is 146 Å². The number of hydrogen-bond acceptors (Lipinski definition) is 4. The fourth-order valence-electron chi connectivity index (χ4n) is 2.14. The number of benzene rings is 2. The highest BCUT2D eigenvalue weighted by molar-refractivity contribution is 9.10. The summed E-state index contributed by atoms with van der Waals surface area (Å²) in [7, 11) is 0. The summed E-state index contributed by atoms with van der Waals surface area (Å²) in [4.78, 5) is 12.1. The maximum absolute atomic E-state index is 13.0. The van der Waals surface area contributed by atoms with Crippen molar-refractivity contribution in [2.24, 2.45) is 0 Å². The van der Waals surface area contributed by atoms with Crippen molar-refractivity contribution in [2.45, 2.75) is 13.3 Å². The van der Waals surface area contributed by atoms with Gasteiger partial charge in [0.25, 0.3) is 6.43 Å². The number of carbonyl (C=O) groups is 1. The van der Waals surface area contributed by atoms with Gasteiger partial charge in [-0.3, -0.25) is 0 Å². The fraction of sp³-hybridized carbons (Fsp3) is 0.176. The van der Waals surface area contributed by atoms with Crippen LogP contribution in [0.4, 0.5) is 20.2 Å². The normalized spacial score (nSPS) is 10.3. The molecule has 0 spiro atoms. The van der Waals surface area contributed by atoms with Gasteiger partial charge in [-0.1, -0.05) is 28.1 Å². The van der Waals surface area contributed by atoms with Crippen molar-refractivity contribution in [3.8, 4) is 6.07 Å². The van der Waals surface area contributed by atoms with E-state index in [-0.39, 0.29) is 17.7 Å². The molecule has 0 bridgehead atoms. The minimum absolute atomic E-state index is 0.0780. The van der Waals surface area contributed by atoms with Crippen LogP contribution in [0.25, 0.3) is 0 Å². The molecule has 2 aromatic rings. The minimum atomic E-state index is -2.59. The summed E-state index contributed by atoms with van der Waals surface area (Å²) in [5.41, 5.74) is 1.37. The molecule has 2 rings (SSSR count). The summed E-state index contributed by atoms with van der Waals surface area (Å²) in [5, 5.41) is 11.5. The number of rotatable bonds is 5. The Kier molecular flexibility index (Phi) is 5.88. The monoisotopic (exact) mass is 394 g/mol. The van der Waals surface area contributed by atoms with Crippen molar-refractivity contribution >= 4 is 33.3 Å². The largest absolute Gasteiger partial charge is 0.447 e. The SMILES string of the molecule is Cc1c(Nc2ccc(Br)cc2C(=O)OCC#N)cccc1C(F)F. The molecule has 0 unspecified atom stereocenters. The van der Waals surface area contributed by atoms with Gasteiger partial charge in [0.05, 0.1) is 11.3 Å². The van der Waals surface area contributed by atoms with E-state index in [0.29, 0.717) is 21.4 Å². The maximum atomic E-state index is 13.0. The number of nitriles is 1. The Bertz CT molecular complexity index is 804. The number of nitrogens with one attached hydrogen (secondary N) is 1. The van der Waals surface area contributed by atoms with Gasteiger partial charge in [0.15, 0.2) is 6.61 Å². The molecule has 0 saturated heterocycles. The molecule has 7 heteroatoms. The summed E-state index contributed by atoms with van der Waals surface area (Å²) < 4.78 is 31.5. The second-order valence-electron chi connectivity index (χ2n) is 4.87. The molecule has 4 nitrogen and oxygen atoms in total. The molecule has 0 heterocycles. The first-order chi connectivity index (χ1) is 11.4. The number of hydrogen-bond donors (Lipinski definition) is 1. The maximum Gasteiger partial charge on any atom is 0.341 e. The first kappa shape index (κ1) is 17.9. The lowest BCUT2D eigenvalue weighted by Gasteiger charge is -2.15. The molecule has 0 fully saturated rings. The molecule has 0 aromatic heterocycles. The van der Waals surface area contributed by atoms with Gasteiger partial charge < -0.3 is 10.1 Å². The average molecular weight is 395 g/mol. The smallest absolute Gasteiger partial charge is 0.341 e. The highest BCUT2D eigenvalue weighted by Crippen LogP contribution is 2.31. The van der Waals surface area contributed by atoms with Crippen LogP contribution in [0.5, 0.6) is 0 Å². The van der Waals surface area contributed by atoms with Gasteiger partial charge in [-0.05, 0) is 36.8 Å². The predicted molar refractivity (Wildman–Crippen MR) is 89.5 cm³/mol. The lowest BCUT2D eigenvalue weighted by Crippen LogP contribution is -2.09. The number of carbonyl (C=O) groups excluding carboxylic acids is 1. The Morgan fingerprint density at radius 3 is 2.75 bits per heavy atom. The van der Waals surface area contributed by atoms with Crippen molar-refractivity contribution in [1.29, 1.82) is 5.26 Å². The third-order valence-electron chi connectivity index (χ3n) is 3.35. The van der Waals surface area contributed by atoms with Gasteiger partial charge in [-0.15, -0.1) is 0 Å². The van der Waals surface area contributed by atoms with Crippen LogP contribution < -0.4 is 5.32 Å². The summed E-state index contributed by atoms with van der Waals surface area (Å²) in [6.07, 6.45) is -2.59. The third kappa shape index (κ3) is 4.09. The van der Waals surface area contributed by atoms with Gasteiger partial charge in [0, 0.05) is 15.7 Å². The standard InChI is InChI=1S/C17H13BrF2N2O2/c1-10-12(16(19)20)3-2-4-14(10)22-15-6-5-11(18)9-13(15)17(23)24-8-7-21/h2-6,9,16,22H,8H2,1H3. The van der Waals surface area contributed by atoms with Crippen LogP contribution in [-0.2, 0) is 4.74 Å². The van der Waals surface area contributed by atoms with E-state index in [1.165, 1.54) is 18.2 Å². The van der Waals surface area contributed by atoms with E-state index in [4.69, 9.17) is 10.00 Å². The van der Waals surface area contributed by atoms with Crippen molar-refractivity contribution in [1.82, 2.24) is 0 Å². The second kappa shape index (κ2) is 7.88. The quantitative estimate of drug-likeness (QED) is 0.714. The van der Waals surface area contributed by atoms with Crippen LogP contribution in [0.3, 0.4) is 0 Å². The van der Waals surface area contributed by atoms with Crippen LogP contribution in [0.1, 0.15) is 27.9 Å². The number of anilines is 2. The molecule has 1 N–H and O–H groups in total. The van der Waals surface area contributed by atoms with Gasteiger partial charge in [-0.25, -0.2) is 13.6 Å². The van der Waals surface area contributed by atoms with Crippen LogP contribution in [-0.4, -0.2) is 12.6 Å². The zero-order valence-corrected chi connectivity index (χ0v) is 14.2. The summed E-state index contributed by atoms with van der Waals surface area (Å²) >= 11 is 3.26. The zero-order valence-electron chi connectivity index (χ0n) is 12.6. The first-order valence-corrected chi connectivity index (χ1v) is 7.71. The lowest BCUT2D eigenvalue weighted by atomic mass is 10.1. The first-order valence-electron chi connectivity index (χ1n) is 6.92. The average Bonchev–Trinajstić information content (AvgIpc) is 2.55. The number of ether oxygens (including phenoxy) is 1. The Morgan fingerprint density at radius 1 is 1.33 bits per heavy atom. The molecular weight excluding hydrogens is 382 g/mol. The molecule has 0 saturated carbocycles. The van der Waals surface area contributed by atoms with Crippen LogP contribution in [0.2, 0.25) is 0 Å². The second-order valence-corrected chi connectivity index (χ2v) is 5.79. The molecule has 0 aliphatic carbocycles. The fourth-order valence-corrected chi connectivity index (χ4v) is 2.50. The topological polar surface area (TPSA) is 62.1 Å². The minimum Gasteiger partial charge on any atom is -0.447 e. The predicted octanol–water partition coefficient (Wildman–Crippen LogP) is 5.12. The molecular formula is C17H13BrF2N2O2. The molecule has 124 valence electrons. The van der Waals surface area contributed by atoms with Gasteiger partial charge in [0.1, 0.15) is 6.07 Å². The molecule has 24 heavy (non-hydrogen) atoms. The highest BCUT2D eigenvalue weighted by Gasteiger charge is 2.17. The Hall–Kier alpha value is -2.46. The summed E-state index contributed by atoms with van der Waals surface area (Å²) in [6.45, 7) is 1.21. The van der Waals surface area contributed by atoms with Gasteiger partial charge in [-0.2, -0.15) is 5.26 Å². The number of nitrogens with zero attached hydrogens (tertiary/aromatic N) is 1. The van der Waals surface area contributed by atoms with E-state index >= 15 is 0 Å². The number of halogens is 3. The number of esters is 1. The molecule has 0 aliphatic heterocycles. The van der Waals surface area contributed by atoms with Crippen molar-refractivity contribution in [3.05, 3.63) is 57.6 Å². The molecule has 2 aromatic carbocycles. The van der Waals surface area contributed by atoms with Crippen LogP contribution >= 0.6 is 15.9 Å². The molecule has 0 amide bonds. The van der Waals surface area contributed by atoms with E-state index in [1.807, 2.05) is 0 Å². The highest BCUT2D eigenvalue weighted by atomic mass is 79.9. The van der Waals surface area contributed by atoms with E-state index in [9.17, 15) is 13.6 Å². The van der Waals surface area contributed by atoms with E-state index in [0.717, 1.165) is 0 Å². The van der Waals surface area contributed by atoms with E-state index in [1.54, 1.807) is 31.2 Å². The van der Waals surface area contributed by atoms with E-state index < -0.39 is 12.4 Å². The summed E-state index contributed by atoms with van der Waals surface area (Å²) in [5.74, 6) is -0.678. The Morgan fingerprint density at radius 2 is 2.08 bits per heavy atom. The lowest BCUT2D eigenvalue weighted by molar-refractivity contribution is 0.0556. The molecule has 0 aliphatic rings. The number of alkyl halides is 2. The third-order valence-corrected chi connectivity index (χ3v) is 3.84. The van der Waals surface area contributed by atoms with Gasteiger partial charge in [0.2, 0.25) is 0 Å². The van der Waals surface area contributed by atoms with Crippen molar-refractivity contribution in [2.75, 3.05) is 11.9 Å². The zero-order chi connectivity index (χ0) is 17.7. The van der Waals surface area contributed by atoms with Gasteiger partial charge >= 0.3 is 5.97 Å². The van der Waals surface area contributed by atoms with E-state index in [2.05, 4.69) is 21.2 Å². The van der Waals surface area contributed by atoms with Crippen LogP contribution in [0, 0.1) is 18.3 Å². The molecule has 0 atom stereocenters. The summed E-state index contributed by atoms with van der Waals surface area (Å²) in [6, 6.07) is 11.1. The Balaban J connectivity index is 2.39. The van der Waals surface area contributed by atoms with Crippen molar-refractivity contribution < 1.29 is 18.3 Å². The molecule has 0 radical (unpaired) electrons. The van der Waals surface area contributed by atoms with Crippen LogP contribution in [0.15, 0.2) is 40.9 Å². The van der Waals surface area contributed by atoms with Crippen molar-refractivity contribution in [3.63, 3.8) is 0 Å².